The van der Waals surface area contributed by atoms with E-state index in [0.29, 0.717) is 23.1 Å². The van der Waals surface area contributed by atoms with E-state index >= 15 is 0 Å². The van der Waals surface area contributed by atoms with Crippen molar-refractivity contribution in [2.75, 3.05) is 13.2 Å². The molecule has 2 aromatic heterocycles. The second-order valence-electron chi connectivity index (χ2n) is 6.05. The third-order valence-electron chi connectivity index (χ3n) is 4.13. The fraction of sp³-hybridized carbons (Fsp3) is 0.263. The maximum absolute atomic E-state index is 13.9. The van der Waals surface area contributed by atoms with Crippen molar-refractivity contribution in [2.24, 2.45) is 0 Å². The van der Waals surface area contributed by atoms with Gasteiger partial charge in [-0.3, -0.25) is 4.79 Å². The van der Waals surface area contributed by atoms with E-state index < -0.39 is 5.82 Å². The fourth-order valence-corrected chi connectivity index (χ4v) is 2.86. The molecule has 7 nitrogen and oxygen atoms in total. The molecule has 0 N–H and O–H groups in total. The minimum atomic E-state index is -0.510. The van der Waals surface area contributed by atoms with Gasteiger partial charge in [-0.05, 0) is 38.1 Å². The summed E-state index contributed by atoms with van der Waals surface area (Å²) in [5.74, 6) is -0.439. The summed E-state index contributed by atoms with van der Waals surface area (Å²) in [5.41, 5.74) is 0.580. The molecule has 0 bridgehead atoms. The monoisotopic (exact) mass is 403 g/mol. The Labute approximate surface area is 166 Å². The zero-order valence-electron chi connectivity index (χ0n) is 15.4. The van der Waals surface area contributed by atoms with E-state index in [0.717, 1.165) is 0 Å². The number of likely N-dealkylation sites (N-methyl/N-ethyl adjacent to an activating group) is 1. The SMILES string of the molecule is CCN(C(=O)c1cc(F)ccc1-n1nccn1)[C@@H](C)COc1ccc(Cl)cn1. The Morgan fingerprint density at radius 2 is 2.04 bits per heavy atom. The highest BCUT2D eigenvalue weighted by Crippen LogP contribution is 2.19. The van der Waals surface area contributed by atoms with Crippen LogP contribution in [-0.4, -0.2) is 50.0 Å². The Kier molecular flexibility index (Phi) is 6.20. The van der Waals surface area contributed by atoms with Gasteiger partial charge in [0.25, 0.3) is 5.91 Å². The minimum absolute atomic E-state index is 0.175. The fourth-order valence-electron chi connectivity index (χ4n) is 2.75. The Bertz CT molecular complexity index is 934. The van der Waals surface area contributed by atoms with Crippen LogP contribution < -0.4 is 4.74 Å². The summed E-state index contributed by atoms with van der Waals surface area (Å²) >= 11 is 5.81. The van der Waals surface area contributed by atoms with Crippen molar-refractivity contribution in [3.8, 4) is 11.6 Å². The van der Waals surface area contributed by atoms with E-state index in [-0.39, 0.29) is 24.1 Å². The Morgan fingerprint density at radius 3 is 2.68 bits per heavy atom. The zero-order chi connectivity index (χ0) is 20.1. The van der Waals surface area contributed by atoms with Gasteiger partial charge in [0.1, 0.15) is 12.4 Å². The van der Waals surface area contributed by atoms with Crippen LogP contribution >= 0.6 is 11.6 Å². The molecular formula is C19H19ClFN5O2. The molecule has 0 saturated heterocycles. The van der Waals surface area contributed by atoms with Crippen LogP contribution in [0.15, 0.2) is 48.9 Å². The van der Waals surface area contributed by atoms with Gasteiger partial charge in [0.2, 0.25) is 5.88 Å². The number of nitrogens with zero attached hydrogens (tertiary/aromatic N) is 5. The standard InChI is InChI=1S/C19H19ClFN5O2/c1-3-25(13(2)12-28-18-7-4-14(20)11-22-18)19(27)16-10-15(21)5-6-17(16)26-23-8-9-24-26/h4-11,13H,3,12H2,1-2H3/t13-/m0/s1. The van der Waals surface area contributed by atoms with Gasteiger partial charge < -0.3 is 9.64 Å². The van der Waals surface area contributed by atoms with Gasteiger partial charge in [-0.2, -0.15) is 15.0 Å². The number of carbonyl (C=O) groups excluding carboxylic acids is 1. The summed E-state index contributed by atoms with van der Waals surface area (Å²) in [6.45, 7) is 4.33. The summed E-state index contributed by atoms with van der Waals surface area (Å²) in [6.07, 6.45) is 4.47. The second kappa shape index (κ2) is 8.79. The van der Waals surface area contributed by atoms with Crippen molar-refractivity contribution in [3.63, 3.8) is 0 Å². The molecule has 3 aromatic rings. The molecule has 0 unspecified atom stereocenters. The number of benzene rings is 1. The molecule has 9 heteroatoms. The maximum Gasteiger partial charge on any atom is 0.256 e. The van der Waals surface area contributed by atoms with Gasteiger partial charge in [0.05, 0.1) is 34.7 Å². The normalized spacial score (nSPS) is 11.9. The van der Waals surface area contributed by atoms with Crippen molar-refractivity contribution >= 4 is 17.5 Å². The summed E-state index contributed by atoms with van der Waals surface area (Å²) < 4.78 is 19.5. The number of rotatable bonds is 7. The van der Waals surface area contributed by atoms with E-state index in [2.05, 4.69) is 15.2 Å². The first-order valence-electron chi connectivity index (χ1n) is 8.71. The molecule has 1 aromatic carbocycles. The molecule has 28 heavy (non-hydrogen) atoms. The molecule has 1 atom stereocenters. The van der Waals surface area contributed by atoms with Gasteiger partial charge in [0.15, 0.2) is 0 Å². The largest absolute Gasteiger partial charge is 0.475 e. The number of ether oxygens (including phenoxy) is 1. The number of pyridine rings is 1. The Balaban J connectivity index is 1.79. The molecule has 3 rings (SSSR count). The van der Waals surface area contributed by atoms with Crippen LogP contribution in [0.25, 0.3) is 5.69 Å². The first-order chi connectivity index (χ1) is 13.5. The number of carbonyl (C=O) groups is 1. The van der Waals surface area contributed by atoms with E-state index in [1.807, 2.05) is 13.8 Å². The minimum Gasteiger partial charge on any atom is -0.475 e. The molecular weight excluding hydrogens is 385 g/mol. The molecule has 2 heterocycles. The van der Waals surface area contributed by atoms with Crippen molar-refractivity contribution in [1.29, 1.82) is 0 Å². The average molecular weight is 404 g/mol. The lowest BCUT2D eigenvalue weighted by Gasteiger charge is -2.28. The predicted molar refractivity (Wildman–Crippen MR) is 102 cm³/mol. The molecule has 146 valence electrons. The second-order valence-corrected chi connectivity index (χ2v) is 6.48. The van der Waals surface area contributed by atoms with Crippen molar-refractivity contribution in [2.45, 2.75) is 19.9 Å². The van der Waals surface area contributed by atoms with E-state index in [9.17, 15) is 9.18 Å². The Hall–Kier alpha value is -3.00. The van der Waals surface area contributed by atoms with Gasteiger partial charge in [-0.15, -0.1) is 0 Å². The molecule has 0 fully saturated rings. The molecule has 0 aliphatic carbocycles. The highest BCUT2D eigenvalue weighted by atomic mass is 35.5. The Morgan fingerprint density at radius 1 is 1.29 bits per heavy atom. The smallest absolute Gasteiger partial charge is 0.256 e. The molecule has 1 amide bonds. The first kappa shape index (κ1) is 19.8. The number of halogens is 2. The lowest BCUT2D eigenvalue weighted by Crippen LogP contribution is -2.42. The van der Waals surface area contributed by atoms with Gasteiger partial charge in [-0.1, -0.05) is 11.6 Å². The molecule has 0 spiro atoms. The summed E-state index contributed by atoms with van der Waals surface area (Å²) in [4.78, 5) is 20.1. The van der Waals surface area contributed by atoms with Gasteiger partial charge in [-0.25, -0.2) is 9.37 Å². The number of aromatic nitrogens is 4. The lowest BCUT2D eigenvalue weighted by molar-refractivity contribution is 0.0645. The highest BCUT2D eigenvalue weighted by molar-refractivity contribution is 6.30. The average Bonchev–Trinajstić information content (AvgIpc) is 3.22. The third-order valence-corrected chi connectivity index (χ3v) is 4.35. The van der Waals surface area contributed by atoms with Crippen molar-refractivity contribution in [3.05, 3.63) is 65.3 Å². The lowest BCUT2D eigenvalue weighted by atomic mass is 10.1. The van der Waals surface area contributed by atoms with Crippen LogP contribution in [0, 0.1) is 5.82 Å². The number of hydrogen-bond acceptors (Lipinski definition) is 5. The first-order valence-corrected chi connectivity index (χ1v) is 9.09. The van der Waals surface area contributed by atoms with E-state index in [4.69, 9.17) is 16.3 Å². The van der Waals surface area contributed by atoms with Crippen LogP contribution in [0.1, 0.15) is 24.2 Å². The van der Waals surface area contributed by atoms with Crippen LogP contribution in [0.4, 0.5) is 4.39 Å². The van der Waals surface area contributed by atoms with Crippen LogP contribution in [0.3, 0.4) is 0 Å². The van der Waals surface area contributed by atoms with E-state index in [1.165, 1.54) is 41.6 Å². The number of hydrogen-bond donors (Lipinski definition) is 0. The topological polar surface area (TPSA) is 73.1 Å². The molecule has 0 aliphatic heterocycles. The van der Waals surface area contributed by atoms with Crippen molar-refractivity contribution in [1.82, 2.24) is 24.9 Å². The van der Waals surface area contributed by atoms with E-state index in [1.54, 1.807) is 17.0 Å². The van der Waals surface area contributed by atoms with Crippen LogP contribution in [-0.2, 0) is 0 Å². The van der Waals surface area contributed by atoms with Crippen LogP contribution in [0.5, 0.6) is 5.88 Å². The highest BCUT2D eigenvalue weighted by Gasteiger charge is 2.24. The predicted octanol–water partition coefficient (Wildman–Crippen LogP) is 3.38. The van der Waals surface area contributed by atoms with Gasteiger partial charge in [0, 0.05) is 18.8 Å². The van der Waals surface area contributed by atoms with Crippen LogP contribution in [0.2, 0.25) is 5.02 Å². The number of amides is 1. The quantitative estimate of drug-likeness (QED) is 0.604. The zero-order valence-corrected chi connectivity index (χ0v) is 16.2. The molecule has 0 aliphatic rings. The van der Waals surface area contributed by atoms with Crippen molar-refractivity contribution < 1.29 is 13.9 Å². The maximum atomic E-state index is 13.9. The molecule has 0 saturated carbocycles. The van der Waals surface area contributed by atoms with Gasteiger partial charge >= 0.3 is 0 Å². The summed E-state index contributed by atoms with van der Waals surface area (Å²) in [7, 11) is 0. The third kappa shape index (κ3) is 4.45. The summed E-state index contributed by atoms with van der Waals surface area (Å²) in [5, 5.41) is 8.59. The summed E-state index contributed by atoms with van der Waals surface area (Å²) in [6, 6.07) is 6.99. The molecule has 0 radical (unpaired) electrons.